The van der Waals surface area contributed by atoms with Gasteiger partial charge in [0.1, 0.15) is 5.75 Å². The van der Waals surface area contributed by atoms with Crippen molar-refractivity contribution in [2.75, 3.05) is 19.0 Å². The number of aryl methyl sites for hydroxylation is 1. The third kappa shape index (κ3) is 10.3. The molecule has 0 bridgehead atoms. The van der Waals surface area contributed by atoms with Gasteiger partial charge in [0, 0.05) is 6.54 Å². The fourth-order valence-corrected chi connectivity index (χ4v) is 3.11. The van der Waals surface area contributed by atoms with Crippen molar-refractivity contribution in [3.8, 4) is 5.75 Å². The lowest BCUT2D eigenvalue weighted by Gasteiger charge is -2.14. The molecule has 0 atom stereocenters. The Hall–Kier alpha value is -1.29. The first-order valence-electron chi connectivity index (χ1n) is 9.87. The minimum atomic E-state index is 0.667. The molecule has 0 aliphatic heterocycles. The molecule has 3 nitrogen and oxygen atoms in total. The first kappa shape index (κ1) is 21.8. The summed E-state index contributed by atoms with van der Waals surface area (Å²) in [6, 6.07) is 6.04. The van der Waals surface area contributed by atoms with Crippen LogP contribution in [0.2, 0.25) is 0 Å². The second kappa shape index (κ2) is 13.9. The van der Waals surface area contributed by atoms with Gasteiger partial charge in [-0.1, -0.05) is 70.8 Å². The predicted molar refractivity (Wildman–Crippen MR) is 114 cm³/mol. The van der Waals surface area contributed by atoms with Crippen molar-refractivity contribution >= 4 is 23.0 Å². The zero-order valence-electron chi connectivity index (χ0n) is 16.3. The maximum atomic E-state index is 5.38. The van der Waals surface area contributed by atoms with Crippen molar-refractivity contribution in [3.05, 3.63) is 23.8 Å². The summed E-state index contributed by atoms with van der Waals surface area (Å²) >= 11 is 5.38. The average Bonchev–Trinajstić information content (AvgIpc) is 2.60. The maximum absolute atomic E-state index is 5.38. The Morgan fingerprint density at radius 1 is 0.960 bits per heavy atom. The molecule has 0 fully saturated rings. The summed E-state index contributed by atoms with van der Waals surface area (Å²) in [5, 5.41) is 7.19. The standard InChI is InChI=1S/C21H36N2OS/c1-4-5-6-7-8-9-10-11-12-13-16-22-21(25)23-19-17-18(2)14-15-20(19)24-3/h14-15,17H,4-13,16H2,1-3H3,(H2,22,23,25). The van der Waals surface area contributed by atoms with Crippen LogP contribution >= 0.6 is 12.2 Å². The van der Waals surface area contributed by atoms with Crippen molar-refractivity contribution in [2.45, 2.75) is 78.1 Å². The van der Waals surface area contributed by atoms with Crippen molar-refractivity contribution in [1.82, 2.24) is 5.32 Å². The molecule has 0 aromatic heterocycles. The van der Waals surface area contributed by atoms with Crippen molar-refractivity contribution in [3.63, 3.8) is 0 Å². The lowest BCUT2D eigenvalue weighted by molar-refractivity contribution is 0.417. The monoisotopic (exact) mass is 364 g/mol. The van der Waals surface area contributed by atoms with E-state index in [0.29, 0.717) is 5.11 Å². The topological polar surface area (TPSA) is 33.3 Å². The average molecular weight is 365 g/mol. The van der Waals surface area contributed by atoms with Crippen LogP contribution in [0.1, 0.15) is 76.7 Å². The quantitative estimate of drug-likeness (QED) is 0.322. The van der Waals surface area contributed by atoms with E-state index < -0.39 is 0 Å². The first-order valence-corrected chi connectivity index (χ1v) is 10.3. The molecule has 4 heteroatoms. The van der Waals surface area contributed by atoms with E-state index in [1.807, 2.05) is 18.2 Å². The van der Waals surface area contributed by atoms with Gasteiger partial charge in [-0.3, -0.25) is 0 Å². The second-order valence-corrected chi connectivity index (χ2v) is 7.17. The zero-order valence-corrected chi connectivity index (χ0v) is 17.1. The minimum Gasteiger partial charge on any atom is -0.495 e. The fourth-order valence-electron chi connectivity index (χ4n) is 2.90. The van der Waals surface area contributed by atoms with E-state index >= 15 is 0 Å². The first-order chi connectivity index (χ1) is 12.2. The molecule has 0 radical (unpaired) electrons. The molecule has 0 amide bonds. The molecule has 1 aromatic rings. The van der Waals surface area contributed by atoms with Gasteiger partial charge in [0.25, 0.3) is 0 Å². The van der Waals surface area contributed by atoms with Gasteiger partial charge in [-0.25, -0.2) is 0 Å². The highest BCUT2D eigenvalue weighted by atomic mass is 32.1. The Morgan fingerprint density at radius 3 is 2.16 bits per heavy atom. The molecular formula is C21H36N2OS. The van der Waals surface area contributed by atoms with Gasteiger partial charge >= 0.3 is 0 Å². The number of benzene rings is 1. The number of unbranched alkanes of at least 4 members (excludes halogenated alkanes) is 9. The largest absolute Gasteiger partial charge is 0.495 e. The molecule has 0 unspecified atom stereocenters. The fraction of sp³-hybridized carbons (Fsp3) is 0.667. The molecule has 25 heavy (non-hydrogen) atoms. The predicted octanol–water partition coefficient (Wildman–Crippen LogP) is 6.21. The molecule has 0 saturated carbocycles. The second-order valence-electron chi connectivity index (χ2n) is 6.77. The molecule has 0 aliphatic carbocycles. The molecule has 1 rings (SSSR count). The highest BCUT2D eigenvalue weighted by molar-refractivity contribution is 7.80. The van der Waals surface area contributed by atoms with Crippen LogP contribution in [-0.2, 0) is 0 Å². The molecule has 0 saturated heterocycles. The Morgan fingerprint density at radius 2 is 1.56 bits per heavy atom. The Balaban J connectivity index is 2.05. The number of anilines is 1. The summed E-state index contributed by atoms with van der Waals surface area (Å²) in [6.45, 7) is 5.26. The van der Waals surface area contributed by atoms with Crippen LogP contribution in [0, 0.1) is 6.92 Å². The van der Waals surface area contributed by atoms with Crippen LogP contribution in [0.15, 0.2) is 18.2 Å². The minimum absolute atomic E-state index is 0.667. The highest BCUT2D eigenvalue weighted by Crippen LogP contribution is 2.24. The van der Waals surface area contributed by atoms with E-state index in [2.05, 4.69) is 24.5 Å². The zero-order chi connectivity index (χ0) is 18.3. The van der Waals surface area contributed by atoms with Gasteiger partial charge in [-0.05, 0) is 43.3 Å². The van der Waals surface area contributed by atoms with E-state index in [1.54, 1.807) is 7.11 Å². The van der Waals surface area contributed by atoms with Crippen LogP contribution in [0.3, 0.4) is 0 Å². The molecule has 1 aromatic carbocycles. The summed E-state index contributed by atoms with van der Waals surface area (Å²) in [5.41, 5.74) is 2.10. The van der Waals surface area contributed by atoms with Crippen LogP contribution in [0.5, 0.6) is 5.75 Å². The summed E-state index contributed by atoms with van der Waals surface area (Å²) in [6.07, 6.45) is 13.5. The Kier molecular flexibility index (Phi) is 12.1. The van der Waals surface area contributed by atoms with Crippen LogP contribution in [0.25, 0.3) is 0 Å². The van der Waals surface area contributed by atoms with Gasteiger partial charge < -0.3 is 15.4 Å². The van der Waals surface area contributed by atoms with Crippen molar-refractivity contribution in [2.24, 2.45) is 0 Å². The van der Waals surface area contributed by atoms with Gasteiger partial charge in [0.05, 0.1) is 12.8 Å². The smallest absolute Gasteiger partial charge is 0.170 e. The van der Waals surface area contributed by atoms with Crippen LogP contribution < -0.4 is 15.4 Å². The number of nitrogens with one attached hydrogen (secondary N) is 2. The van der Waals surface area contributed by atoms with Gasteiger partial charge in [0.15, 0.2) is 5.11 Å². The number of ether oxygens (including phenoxy) is 1. The van der Waals surface area contributed by atoms with E-state index in [4.69, 9.17) is 17.0 Å². The third-order valence-corrected chi connectivity index (χ3v) is 4.67. The number of methoxy groups -OCH3 is 1. The lowest BCUT2D eigenvalue weighted by Crippen LogP contribution is -2.29. The maximum Gasteiger partial charge on any atom is 0.170 e. The summed E-state index contributed by atoms with van der Waals surface area (Å²) in [7, 11) is 1.68. The number of hydrogen-bond acceptors (Lipinski definition) is 2. The van der Waals surface area contributed by atoms with Gasteiger partial charge in [-0.15, -0.1) is 0 Å². The SMILES string of the molecule is CCCCCCCCCCCCNC(=S)Nc1cc(C)ccc1OC. The molecule has 2 N–H and O–H groups in total. The molecule has 0 aliphatic rings. The van der Waals surface area contributed by atoms with Crippen molar-refractivity contribution < 1.29 is 4.74 Å². The normalized spacial score (nSPS) is 10.5. The summed E-state index contributed by atoms with van der Waals surface area (Å²) in [4.78, 5) is 0. The number of hydrogen-bond donors (Lipinski definition) is 2. The molecule has 0 spiro atoms. The van der Waals surface area contributed by atoms with Crippen LogP contribution in [-0.4, -0.2) is 18.8 Å². The summed E-state index contributed by atoms with van der Waals surface area (Å²) < 4.78 is 5.36. The number of thiocarbonyl (C=S) groups is 1. The van der Waals surface area contributed by atoms with Gasteiger partial charge in [-0.2, -0.15) is 0 Å². The molecule has 0 heterocycles. The molecule has 142 valence electrons. The van der Waals surface area contributed by atoms with E-state index in [-0.39, 0.29) is 0 Å². The number of rotatable bonds is 13. The van der Waals surface area contributed by atoms with E-state index in [0.717, 1.165) is 18.0 Å². The highest BCUT2D eigenvalue weighted by Gasteiger charge is 2.04. The van der Waals surface area contributed by atoms with E-state index in [9.17, 15) is 0 Å². The lowest BCUT2D eigenvalue weighted by atomic mass is 10.1. The third-order valence-electron chi connectivity index (χ3n) is 4.42. The van der Waals surface area contributed by atoms with Crippen molar-refractivity contribution in [1.29, 1.82) is 0 Å². The molecular weight excluding hydrogens is 328 g/mol. The Labute approximate surface area is 159 Å². The van der Waals surface area contributed by atoms with Crippen LogP contribution in [0.4, 0.5) is 5.69 Å². The van der Waals surface area contributed by atoms with Gasteiger partial charge in [0.2, 0.25) is 0 Å². The summed E-state index contributed by atoms with van der Waals surface area (Å²) in [5.74, 6) is 0.814. The van der Waals surface area contributed by atoms with E-state index in [1.165, 1.54) is 69.8 Å². The Bertz CT molecular complexity index is 491.